The van der Waals surface area contributed by atoms with Crippen molar-refractivity contribution in [2.75, 3.05) is 0 Å². The van der Waals surface area contributed by atoms with Gasteiger partial charge in [-0.1, -0.05) is 31.0 Å². The van der Waals surface area contributed by atoms with Crippen molar-refractivity contribution in [2.24, 2.45) is 0 Å². The molecular weight excluding hydrogens is 257 g/mol. The summed E-state index contributed by atoms with van der Waals surface area (Å²) in [6.45, 7) is 0. The van der Waals surface area contributed by atoms with E-state index in [1.54, 1.807) is 18.2 Å². The molecule has 20 heavy (non-hydrogen) atoms. The van der Waals surface area contributed by atoms with E-state index in [4.69, 9.17) is 0 Å². The van der Waals surface area contributed by atoms with Crippen molar-refractivity contribution in [3.8, 4) is 0 Å². The molecule has 3 rings (SSSR count). The molecule has 0 aromatic heterocycles. The fraction of sp³-hybridized carbons (Fsp3) is 0.562. The second-order valence-corrected chi connectivity index (χ2v) is 6.22. The number of aliphatic hydroxyl groups is 1. The molecule has 2 aliphatic rings. The molecule has 0 radical (unpaired) electrons. The largest absolute Gasteiger partial charge is 0.389 e. The van der Waals surface area contributed by atoms with Crippen molar-refractivity contribution in [2.45, 2.75) is 56.1 Å². The van der Waals surface area contributed by atoms with Crippen molar-refractivity contribution >= 4 is 5.91 Å². The Morgan fingerprint density at radius 3 is 2.45 bits per heavy atom. The predicted octanol–water partition coefficient (Wildman–Crippen LogP) is 2.63. The summed E-state index contributed by atoms with van der Waals surface area (Å²) < 4.78 is 13.9. The molecule has 2 saturated carbocycles. The first-order valence-corrected chi connectivity index (χ1v) is 7.32. The van der Waals surface area contributed by atoms with E-state index in [9.17, 15) is 14.3 Å². The zero-order valence-corrected chi connectivity index (χ0v) is 11.5. The second-order valence-electron chi connectivity index (χ2n) is 6.22. The summed E-state index contributed by atoms with van der Waals surface area (Å²) in [5, 5.41) is 13.2. The van der Waals surface area contributed by atoms with Gasteiger partial charge in [0.1, 0.15) is 5.82 Å². The SMILES string of the molecule is O=C(CC1(O)CCCC1)NC1(c2ccccc2F)CC1. The molecule has 0 atom stereocenters. The van der Waals surface area contributed by atoms with E-state index in [1.807, 2.05) is 0 Å². The minimum absolute atomic E-state index is 0.128. The van der Waals surface area contributed by atoms with Crippen molar-refractivity contribution in [3.05, 3.63) is 35.6 Å². The van der Waals surface area contributed by atoms with E-state index < -0.39 is 11.1 Å². The molecule has 1 aromatic carbocycles. The molecule has 108 valence electrons. The van der Waals surface area contributed by atoms with Crippen molar-refractivity contribution in [1.29, 1.82) is 0 Å². The van der Waals surface area contributed by atoms with Gasteiger partial charge in [0.2, 0.25) is 5.91 Å². The van der Waals surface area contributed by atoms with Crippen LogP contribution in [0.1, 0.15) is 50.5 Å². The number of hydrogen-bond acceptors (Lipinski definition) is 2. The predicted molar refractivity (Wildman–Crippen MR) is 73.5 cm³/mol. The lowest BCUT2D eigenvalue weighted by Crippen LogP contribution is -2.40. The first-order valence-electron chi connectivity index (χ1n) is 7.32. The highest BCUT2D eigenvalue weighted by molar-refractivity contribution is 5.78. The van der Waals surface area contributed by atoms with Crippen molar-refractivity contribution in [3.63, 3.8) is 0 Å². The van der Waals surface area contributed by atoms with E-state index in [1.165, 1.54) is 6.07 Å². The number of nitrogens with one attached hydrogen (secondary N) is 1. The van der Waals surface area contributed by atoms with E-state index in [0.717, 1.165) is 25.7 Å². The van der Waals surface area contributed by atoms with Crippen LogP contribution in [0.4, 0.5) is 4.39 Å². The fourth-order valence-electron chi connectivity index (χ4n) is 3.26. The Bertz CT molecular complexity index is 519. The average Bonchev–Trinajstić information content (AvgIpc) is 3.03. The van der Waals surface area contributed by atoms with Gasteiger partial charge in [0.15, 0.2) is 0 Å². The van der Waals surface area contributed by atoms with Crippen LogP contribution in [0.25, 0.3) is 0 Å². The summed E-state index contributed by atoms with van der Waals surface area (Å²) in [5.41, 5.74) is -0.834. The quantitative estimate of drug-likeness (QED) is 0.889. The first-order chi connectivity index (χ1) is 9.53. The van der Waals surface area contributed by atoms with E-state index >= 15 is 0 Å². The van der Waals surface area contributed by atoms with Crippen LogP contribution in [0.3, 0.4) is 0 Å². The van der Waals surface area contributed by atoms with Crippen LogP contribution >= 0.6 is 0 Å². The van der Waals surface area contributed by atoms with Gasteiger partial charge in [-0.15, -0.1) is 0 Å². The molecule has 2 fully saturated rings. The van der Waals surface area contributed by atoms with E-state index in [2.05, 4.69) is 5.32 Å². The number of benzene rings is 1. The van der Waals surface area contributed by atoms with Gasteiger partial charge in [-0.3, -0.25) is 4.79 Å². The normalized spacial score (nSPS) is 22.5. The summed E-state index contributed by atoms with van der Waals surface area (Å²) in [4.78, 5) is 12.2. The summed E-state index contributed by atoms with van der Waals surface area (Å²) >= 11 is 0. The highest BCUT2D eigenvalue weighted by atomic mass is 19.1. The third kappa shape index (κ3) is 2.57. The van der Waals surface area contributed by atoms with E-state index in [-0.39, 0.29) is 18.1 Å². The number of amides is 1. The molecule has 0 heterocycles. The van der Waals surface area contributed by atoms with Crippen molar-refractivity contribution in [1.82, 2.24) is 5.32 Å². The van der Waals surface area contributed by atoms with Crippen LogP contribution in [0.2, 0.25) is 0 Å². The van der Waals surface area contributed by atoms with Gasteiger partial charge in [0, 0.05) is 5.56 Å². The Labute approximate surface area is 118 Å². The molecule has 0 unspecified atom stereocenters. The van der Waals surface area contributed by atoms with Crippen LogP contribution in [0, 0.1) is 5.82 Å². The maximum Gasteiger partial charge on any atom is 0.223 e. The van der Waals surface area contributed by atoms with Gasteiger partial charge in [0.25, 0.3) is 0 Å². The zero-order valence-electron chi connectivity index (χ0n) is 11.5. The van der Waals surface area contributed by atoms with Gasteiger partial charge < -0.3 is 10.4 Å². The Balaban J connectivity index is 1.68. The monoisotopic (exact) mass is 277 g/mol. The molecule has 0 aliphatic heterocycles. The van der Waals surface area contributed by atoms with Gasteiger partial charge in [0.05, 0.1) is 17.6 Å². The topological polar surface area (TPSA) is 49.3 Å². The van der Waals surface area contributed by atoms with Gasteiger partial charge in [-0.05, 0) is 31.7 Å². The molecule has 1 aromatic rings. The van der Waals surface area contributed by atoms with Gasteiger partial charge in [-0.25, -0.2) is 4.39 Å². The molecule has 0 saturated heterocycles. The number of carbonyl (C=O) groups excluding carboxylic acids is 1. The Morgan fingerprint density at radius 2 is 1.85 bits per heavy atom. The molecule has 4 heteroatoms. The molecular formula is C16H20FNO2. The lowest BCUT2D eigenvalue weighted by Gasteiger charge is -2.24. The molecule has 2 aliphatic carbocycles. The summed E-state index contributed by atoms with van der Waals surface area (Å²) in [6, 6.07) is 6.59. The molecule has 0 spiro atoms. The Kier molecular flexibility index (Phi) is 3.28. The Hall–Kier alpha value is -1.42. The highest BCUT2D eigenvalue weighted by Gasteiger charge is 2.48. The molecule has 2 N–H and O–H groups in total. The minimum atomic E-state index is -0.852. The Morgan fingerprint density at radius 1 is 1.20 bits per heavy atom. The maximum atomic E-state index is 13.9. The molecule has 3 nitrogen and oxygen atoms in total. The maximum absolute atomic E-state index is 13.9. The lowest BCUT2D eigenvalue weighted by molar-refractivity contribution is -0.127. The van der Waals surface area contributed by atoms with Crippen LogP contribution in [-0.4, -0.2) is 16.6 Å². The fourth-order valence-corrected chi connectivity index (χ4v) is 3.26. The first kappa shape index (κ1) is 13.6. The zero-order chi connectivity index (χ0) is 14.2. The smallest absolute Gasteiger partial charge is 0.223 e. The van der Waals surface area contributed by atoms with Crippen LogP contribution in [0.5, 0.6) is 0 Å². The summed E-state index contributed by atoms with van der Waals surface area (Å²) in [7, 11) is 0. The van der Waals surface area contributed by atoms with Crippen LogP contribution in [0.15, 0.2) is 24.3 Å². The van der Waals surface area contributed by atoms with Crippen LogP contribution in [-0.2, 0) is 10.3 Å². The number of hydrogen-bond donors (Lipinski definition) is 2. The third-order valence-corrected chi connectivity index (χ3v) is 4.54. The minimum Gasteiger partial charge on any atom is -0.389 e. The number of rotatable bonds is 4. The van der Waals surface area contributed by atoms with E-state index in [0.29, 0.717) is 18.4 Å². The summed E-state index contributed by atoms with van der Waals surface area (Å²) in [5.74, 6) is -0.444. The van der Waals surface area contributed by atoms with Gasteiger partial charge in [-0.2, -0.15) is 0 Å². The standard InChI is InChI=1S/C16H20FNO2/c17-13-6-2-1-5-12(13)16(9-10-16)18-14(19)11-15(20)7-3-4-8-15/h1-2,5-6,20H,3-4,7-11H2,(H,18,19). The number of carbonyl (C=O) groups is 1. The summed E-state index contributed by atoms with van der Waals surface area (Å²) in [6.07, 6.45) is 4.98. The molecule has 1 amide bonds. The number of halogens is 1. The average molecular weight is 277 g/mol. The van der Waals surface area contributed by atoms with Crippen molar-refractivity contribution < 1.29 is 14.3 Å². The highest BCUT2D eigenvalue weighted by Crippen LogP contribution is 2.46. The lowest BCUT2D eigenvalue weighted by atomic mass is 9.96. The second kappa shape index (κ2) is 4.85. The third-order valence-electron chi connectivity index (χ3n) is 4.54. The van der Waals surface area contributed by atoms with Gasteiger partial charge >= 0.3 is 0 Å². The van der Waals surface area contributed by atoms with Crippen LogP contribution < -0.4 is 5.32 Å². The molecule has 0 bridgehead atoms.